The highest BCUT2D eigenvalue weighted by molar-refractivity contribution is 6.03. The van der Waals surface area contributed by atoms with E-state index in [0.717, 1.165) is 46.4 Å². The van der Waals surface area contributed by atoms with Crippen LogP contribution in [0.15, 0.2) is 97.1 Å². The number of aromatic nitrogens is 6. The summed E-state index contributed by atoms with van der Waals surface area (Å²) < 4.78 is 46.2. The molecule has 4 heterocycles. The van der Waals surface area contributed by atoms with E-state index in [1.165, 1.54) is 0 Å². The molecule has 2 aliphatic heterocycles. The lowest BCUT2D eigenvalue weighted by Gasteiger charge is -2.30. The molecule has 0 aliphatic carbocycles. The molecule has 2 atom stereocenters. The SMILES string of the molecule is COCCOCC(=O)NCC(=O)N1Cc2ccccc2-c2c(nnn2CCOC(=O)NCCCCC(NC(C)(C)C)C(=O)OC(C)(C)C)-c2ccccc21.COCCOCC(=O)NCC(=O)N1Cc2ccccc2-c2nnn(CCOC(=O)CCCCCC(NC(C)(C)C)C(=O)OC(C)(C)C)c2-c2ccccc21. The Hall–Kier alpha value is -9.52. The lowest BCUT2D eigenvalue weighted by Crippen LogP contribution is -2.49. The second kappa shape index (κ2) is 41.2. The molecule has 5 N–H and O–H groups in total. The van der Waals surface area contributed by atoms with Crippen LogP contribution in [0.3, 0.4) is 0 Å². The number of methoxy groups -OCH3 is 2. The number of amides is 5. The first-order valence-electron chi connectivity index (χ1n) is 36.9. The van der Waals surface area contributed by atoms with Crippen molar-refractivity contribution in [3.63, 3.8) is 0 Å². The van der Waals surface area contributed by atoms with Gasteiger partial charge in [-0.1, -0.05) is 108 Å². The van der Waals surface area contributed by atoms with Gasteiger partial charge in [0, 0.05) is 60.5 Å². The molecule has 0 bridgehead atoms. The van der Waals surface area contributed by atoms with E-state index in [2.05, 4.69) is 47.2 Å². The van der Waals surface area contributed by atoms with Crippen molar-refractivity contribution in [2.24, 2.45) is 0 Å². The summed E-state index contributed by atoms with van der Waals surface area (Å²) in [5.74, 6) is -2.29. The third-order valence-electron chi connectivity index (χ3n) is 16.6. The Balaban J connectivity index is 0.000000301. The molecule has 8 rings (SSSR count). The Morgan fingerprint density at radius 2 is 0.889 bits per heavy atom. The number of para-hydroxylation sites is 2. The Kier molecular flexibility index (Phi) is 32.7. The number of ether oxygens (including phenoxy) is 8. The molecular formula is C79H111N13O16. The molecule has 5 amide bonds. The predicted octanol–water partition coefficient (Wildman–Crippen LogP) is 9.06. The number of unbranched alkanes of at least 4 members (excludes halogenated alkanes) is 3. The molecule has 0 radical (unpaired) electrons. The topological polar surface area (TPSA) is 338 Å². The van der Waals surface area contributed by atoms with Gasteiger partial charge in [-0.2, -0.15) is 0 Å². The quantitative estimate of drug-likeness (QED) is 0.0141. The van der Waals surface area contributed by atoms with Gasteiger partial charge in [0.1, 0.15) is 61.1 Å². The molecule has 6 aromatic rings. The molecule has 0 saturated carbocycles. The minimum Gasteiger partial charge on any atom is -0.464 e. The molecule has 108 heavy (non-hydrogen) atoms. The molecule has 29 heteroatoms. The molecule has 2 unspecified atom stereocenters. The summed E-state index contributed by atoms with van der Waals surface area (Å²) >= 11 is 0. The minimum atomic E-state index is -0.581. The van der Waals surface area contributed by atoms with Crippen LogP contribution in [0, 0.1) is 0 Å². The van der Waals surface area contributed by atoms with E-state index >= 15 is 0 Å². The van der Waals surface area contributed by atoms with Gasteiger partial charge in [0.05, 0.1) is 88.5 Å². The predicted molar refractivity (Wildman–Crippen MR) is 408 cm³/mol. The second-order valence-corrected chi connectivity index (χ2v) is 30.3. The fourth-order valence-corrected chi connectivity index (χ4v) is 12.0. The summed E-state index contributed by atoms with van der Waals surface area (Å²) in [6.45, 7) is 25.1. The van der Waals surface area contributed by atoms with E-state index < -0.39 is 41.2 Å². The molecule has 29 nitrogen and oxygen atoms in total. The Morgan fingerprint density at radius 3 is 1.39 bits per heavy atom. The number of fused-ring (bicyclic) bond motifs is 10. The van der Waals surface area contributed by atoms with Crippen LogP contribution >= 0.6 is 0 Å². The number of hydrogen-bond acceptors (Lipinski definition) is 22. The smallest absolute Gasteiger partial charge is 0.407 e. The van der Waals surface area contributed by atoms with Crippen molar-refractivity contribution in [2.45, 2.75) is 195 Å². The third kappa shape index (κ3) is 27.6. The first-order chi connectivity index (χ1) is 51.3. The van der Waals surface area contributed by atoms with Crippen molar-refractivity contribution in [1.29, 1.82) is 0 Å². The van der Waals surface area contributed by atoms with Gasteiger partial charge < -0.3 is 63.6 Å². The maximum Gasteiger partial charge on any atom is 0.407 e. The van der Waals surface area contributed by atoms with Gasteiger partial charge >= 0.3 is 24.0 Å². The standard InChI is InChI=1S/C40H56N6O8.C39H55N7O8/c1-39(2,3)42-31(38(50)54-40(4,5)6)18-9-8-10-20-35(49)53-22-21-46-37-30-17-13-14-19-32(30)45(34(48)25-41-33(47)27-52-24-23-51-7)26-28-15-11-12-16-29(28)36(37)43-44-46;1-38(2,3)42-30(36(49)54-39(4,5)6)17-12-13-19-40-37(50)53-21-20-46-35-28-15-9-8-14-27(28)25-45(31-18-11-10-16-29(31)34(35)43-44-46)33(48)24-41-32(47)26-52-23-22-51-7/h11-17,19,31,42H,8-10,18,20-27H2,1-7H3,(H,41,47);8-11,14-16,18,30,42H,12-13,17,19-26H2,1-7H3,(H,40,50)(H,41,47). The highest BCUT2D eigenvalue weighted by atomic mass is 16.6. The fourth-order valence-electron chi connectivity index (χ4n) is 12.0. The number of hydrogen-bond donors (Lipinski definition) is 5. The van der Waals surface area contributed by atoms with Gasteiger partial charge in [0.25, 0.3) is 0 Å². The third-order valence-corrected chi connectivity index (χ3v) is 16.6. The van der Waals surface area contributed by atoms with Crippen LogP contribution in [0.1, 0.15) is 146 Å². The van der Waals surface area contributed by atoms with Crippen molar-refractivity contribution in [3.05, 3.63) is 108 Å². The van der Waals surface area contributed by atoms with E-state index in [9.17, 15) is 38.4 Å². The number of benzene rings is 4. The Morgan fingerprint density at radius 1 is 0.463 bits per heavy atom. The maximum atomic E-state index is 13.7. The number of carbonyl (C=O) groups excluding carboxylic acids is 8. The minimum absolute atomic E-state index is 0.0428. The lowest BCUT2D eigenvalue weighted by atomic mass is 9.95. The number of rotatable bonds is 35. The van der Waals surface area contributed by atoms with Crippen LogP contribution in [0.2, 0.25) is 0 Å². The summed E-state index contributed by atoms with van der Waals surface area (Å²) in [5.41, 5.74) is 7.02. The average Bonchev–Trinajstić information content (AvgIpc) is 1.52. The van der Waals surface area contributed by atoms with Crippen molar-refractivity contribution in [2.75, 3.05) is 96.5 Å². The van der Waals surface area contributed by atoms with Gasteiger partial charge in [0.15, 0.2) is 0 Å². The number of alkyl carbamates (subject to hydrolysis) is 1. The van der Waals surface area contributed by atoms with Crippen LogP contribution in [-0.2, 0) is 97.6 Å². The number of esters is 3. The Labute approximate surface area is 633 Å². The van der Waals surface area contributed by atoms with Gasteiger partial charge in [-0.25, -0.2) is 14.2 Å². The maximum absolute atomic E-state index is 13.7. The van der Waals surface area contributed by atoms with Gasteiger partial charge in [0.2, 0.25) is 23.6 Å². The molecular weight excluding hydrogens is 1390 g/mol. The van der Waals surface area contributed by atoms with Crippen LogP contribution < -0.4 is 36.4 Å². The zero-order valence-corrected chi connectivity index (χ0v) is 65.3. The number of carbonyl (C=O) groups is 8. The highest BCUT2D eigenvalue weighted by Crippen LogP contribution is 2.43. The van der Waals surface area contributed by atoms with Gasteiger partial charge in [-0.3, -0.25) is 44.2 Å². The van der Waals surface area contributed by atoms with Crippen molar-refractivity contribution >= 4 is 59.0 Å². The first kappa shape index (κ1) is 85.7. The van der Waals surface area contributed by atoms with Gasteiger partial charge in [-0.05, 0) is 138 Å². The normalized spacial score (nSPS) is 13.1. The van der Waals surface area contributed by atoms with Gasteiger partial charge in [-0.15, -0.1) is 10.2 Å². The van der Waals surface area contributed by atoms with Crippen molar-refractivity contribution < 1.29 is 76.3 Å². The summed E-state index contributed by atoms with van der Waals surface area (Å²) in [7, 11) is 3.09. The van der Waals surface area contributed by atoms with Crippen LogP contribution in [0.4, 0.5) is 16.2 Å². The van der Waals surface area contributed by atoms with Crippen molar-refractivity contribution in [3.8, 4) is 45.0 Å². The molecule has 588 valence electrons. The van der Waals surface area contributed by atoms with Crippen molar-refractivity contribution in [1.82, 2.24) is 56.6 Å². The molecule has 2 aromatic heterocycles. The van der Waals surface area contributed by atoms with E-state index in [1.54, 1.807) is 33.4 Å². The fraction of sp³-hybridized carbons (Fsp3) is 0.544. The highest BCUT2D eigenvalue weighted by Gasteiger charge is 2.34. The monoisotopic (exact) mass is 1500 g/mol. The summed E-state index contributed by atoms with van der Waals surface area (Å²) in [4.78, 5) is 106. The lowest BCUT2D eigenvalue weighted by molar-refractivity contribution is -0.159. The summed E-state index contributed by atoms with van der Waals surface area (Å²) in [6.07, 6.45) is 4.36. The second-order valence-electron chi connectivity index (χ2n) is 30.3. The van der Waals surface area contributed by atoms with Crippen LogP contribution in [0.25, 0.3) is 45.0 Å². The number of anilines is 2. The summed E-state index contributed by atoms with van der Waals surface area (Å²) in [5, 5.41) is 32.8. The summed E-state index contributed by atoms with van der Waals surface area (Å²) in [6, 6.07) is 29.4. The van der Waals surface area contributed by atoms with Crippen LogP contribution in [0.5, 0.6) is 0 Å². The van der Waals surface area contributed by atoms with E-state index in [1.807, 2.05) is 180 Å². The number of nitrogens with one attached hydrogen (secondary N) is 5. The molecule has 2 aliphatic rings. The zero-order chi connectivity index (χ0) is 78.6. The number of nitrogens with zero attached hydrogens (tertiary/aromatic N) is 8. The van der Waals surface area contributed by atoms with E-state index in [4.69, 9.17) is 37.9 Å². The molecule has 0 saturated heterocycles. The molecule has 0 fully saturated rings. The average molecular weight is 1500 g/mol. The van der Waals surface area contributed by atoms with E-state index in [0.29, 0.717) is 85.9 Å². The van der Waals surface area contributed by atoms with E-state index in [-0.39, 0.29) is 126 Å². The molecule has 4 aromatic carbocycles. The largest absolute Gasteiger partial charge is 0.464 e. The first-order valence-corrected chi connectivity index (χ1v) is 36.9. The zero-order valence-electron chi connectivity index (χ0n) is 65.3. The Bertz CT molecular complexity index is 3960. The molecule has 0 spiro atoms. The van der Waals surface area contributed by atoms with Crippen LogP contribution in [-0.4, -0.2) is 199 Å².